The number of urea groups is 1. The van der Waals surface area contributed by atoms with Gasteiger partial charge in [0.1, 0.15) is 0 Å². The molecule has 2 aliphatic heterocycles. The maximum atomic E-state index is 13.2. The Labute approximate surface area is 150 Å². The molecule has 138 valence electrons. The zero-order valence-electron chi connectivity index (χ0n) is 15.2. The van der Waals surface area contributed by atoms with E-state index in [0.717, 1.165) is 12.0 Å². The van der Waals surface area contributed by atoms with E-state index in [4.69, 9.17) is 0 Å². The molecule has 0 aromatic heterocycles. The molecule has 0 radical (unpaired) electrons. The van der Waals surface area contributed by atoms with Crippen molar-refractivity contribution in [3.8, 4) is 0 Å². The van der Waals surface area contributed by atoms with Crippen LogP contribution in [0.2, 0.25) is 0 Å². The second kappa shape index (κ2) is 6.61. The third-order valence-electron chi connectivity index (χ3n) is 5.21. The highest BCUT2D eigenvalue weighted by Gasteiger charge is 2.57. The summed E-state index contributed by atoms with van der Waals surface area (Å²) in [5.41, 5.74) is 0.209. The average molecular weight is 365 g/mol. The Morgan fingerprint density at radius 1 is 1.32 bits per heavy atom. The van der Waals surface area contributed by atoms with Crippen LogP contribution in [0, 0.1) is 5.92 Å². The lowest BCUT2D eigenvalue weighted by atomic mass is 9.88. The van der Waals surface area contributed by atoms with Gasteiger partial charge in [0.15, 0.2) is 0 Å². The van der Waals surface area contributed by atoms with Crippen molar-refractivity contribution >= 4 is 16.1 Å². The van der Waals surface area contributed by atoms with Crippen LogP contribution in [0.5, 0.6) is 0 Å². The van der Waals surface area contributed by atoms with Gasteiger partial charge in [0.25, 0.3) is 0 Å². The minimum Gasteiger partial charge on any atom is -0.338 e. The minimum atomic E-state index is -3.52. The summed E-state index contributed by atoms with van der Waals surface area (Å²) >= 11 is 0. The van der Waals surface area contributed by atoms with Gasteiger partial charge >= 0.3 is 6.03 Å². The van der Waals surface area contributed by atoms with Gasteiger partial charge in [0.2, 0.25) is 10.0 Å². The molecule has 1 fully saturated rings. The van der Waals surface area contributed by atoms with Gasteiger partial charge in [-0.25, -0.2) is 13.2 Å². The Morgan fingerprint density at radius 2 is 2.04 bits per heavy atom. The van der Waals surface area contributed by atoms with E-state index in [9.17, 15) is 13.2 Å². The molecule has 1 aromatic rings. The summed E-state index contributed by atoms with van der Waals surface area (Å²) in [6.45, 7) is 8.09. The Bertz CT molecular complexity index is 763. The van der Waals surface area contributed by atoms with Gasteiger partial charge in [-0.05, 0) is 37.3 Å². The first-order valence-corrected chi connectivity index (χ1v) is 10.4. The smallest absolute Gasteiger partial charge is 0.317 e. The minimum absolute atomic E-state index is 0.120. The summed E-state index contributed by atoms with van der Waals surface area (Å²) in [5, 5.41) is 2.82. The van der Waals surface area contributed by atoms with Crippen LogP contribution in [0.4, 0.5) is 4.79 Å². The molecular weight excluding hydrogens is 338 g/mol. The molecule has 6 nitrogen and oxygen atoms in total. The molecule has 1 atom stereocenters. The molecule has 0 unspecified atom stereocenters. The van der Waals surface area contributed by atoms with Crippen molar-refractivity contribution in [3.05, 3.63) is 29.8 Å². The van der Waals surface area contributed by atoms with Crippen LogP contribution in [0.15, 0.2) is 29.2 Å². The first-order chi connectivity index (χ1) is 11.8. The Hall–Kier alpha value is -1.60. The van der Waals surface area contributed by atoms with Gasteiger partial charge in [-0.15, -0.1) is 0 Å². The van der Waals surface area contributed by atoms with Crippen LogP contribution in [-0.2, 0) is 15.6 Å². The lowest BCUT2D eigenvalue weighted by Gasteiger charge is -2.34. The Morgan fingerprint density at radius 3 is 2.72 bits per heavy atom. The van der Waals surface area contributed by atoms with Crippen molar-refractivity contribution in [2.75, 3.05) is 26.2 Å². The van der Waals surface area contributed by atoms with E-state index < -0.39 is 15.6 Å². The molecule has 1 N–H and O–H groups in total. The van der Waals surface area contributed by atoms with Gasteiger partial charge in [-0.3, -0.25) is 0 Å². The molecule has 7 heteroatoms. The largest absolute Gasteiger partial charge is 0.338 e. The highest BCUT2D eigenvalue weighted by Crippen LogP contribution is 2.49. The third-order valence-corrected chi connectivity index (χ3v) is 7.23. The van der Waals surface area contributed by atoms with E-state index in [1.54, 1.807) is 21.3 Å². The highest BCUT2D eigenvalue weighted by molar-refractivity contribution is 7.89. The Balaban J connectivity index is 2.01. The highest BCUT2D eigenvalue weighted by atomic mass is 32.2. The number of benzene rings is 1. The Kier molecular flexibility index (Phi) is 4.81. The number of sulfonamides is 1. The van der Waals surface area contributed by atoms with Crippen molar-refractivity contribution in [1.29, 1.82) is 0 Å². The first kappa shape index (κ1) is 18.2. The van der Waals surface area contributed by atoms with Crippen molar-refractivity contribution in [1.82, 2.24) is 14.5 Å². The molecular formula is C18H27N3O3S. The number of amides is 2. The van der Waals surface area contributed by atoms with Crippen molar-refractivity contribution < 1.29 is 13.2 Å². The van der Waals surface area contributed by atoms with E-state index in [0.29, 0.717) is 43.4 Å². The maximum absolute atomic E-state index is 13.2. The summed E-state index contributed by atoms with van der Waals surface area (Å²) in [4.78, 5) is 14.4. The van der Waals surface area contributed by atoms with Crippen LogP contribution in [0.25, 0.3) is 0 Å². The lowest BCUT2D eigenvalue weighted by molar-refractivity contribution is 0.178. The predicted molar refractivity (Wildman–Crippen MR) is 96.7 cm³/mol. The van der Waals surface area contributed by atoms with Gasteiger partial charge in [-0.2, -0.15) is 4.31 Å². The number of carbonyl (C=O) groups excluding carboxylic acids is 1. The van der Waals surface area contributed by atoms with Gasteiger partial charge in [-0.1, -0.05) is 32.0 Å². The molecule has 1 spiro atoms. The number of fused-ring (bicyclic) bond motifs is 2. The molecule has 2 aliphatic rings. The molecule has 1 aromatic carbocycles. The molecule has 0 aliphatic carbocycles. The molecule has 0 bridgehead atoms. The zero-order chi connectivity index (χ0) is 18.2. The van der Waals surface area contributed by atoms with Gasteiger partial charge in [0, 0.05) is 26.2 Å². The normalized spacial score (nSPS) is 24.9. The van der Waals surface area contributed by atoms with Crippen LogP contribution in [-0.4, -0.2) is 49.8 Å². The molecule has 2 heterocycles. The van der Waals surface area contributed by atoms with E-state index in [1.807, 2.05) is 19.1 Å². The SMILES string of the molecule is CCNC(=O)N1CC[C@@]2(C1)c1ccccc1S(=O)(=O)N2CCC(C)C. The summed E-state index contributed by atoms with van der Waals surface area (Å²) in [6, 6.07) is 7.13. The quantitative estimate of drug-likeness (QED) is 0.890. The average Bonchev–Trinajstić information content (AvgIpc) is 3.07. The monoisotopic (exact) mass is 365 g/mol. The lowest BCUT2D eigenvalue weighted by Crippen LogP contribution is -2.48. The number of hydrogen-bond donors (Lipinski definition) is 1. The van der Waals surface area contributed by atoms with Crippen molar-refractivity contribution in [2.24, 2.45) is 5.92 Å². The van der Waals surface area contributed by atoms with Crippen LogP contribution in [0.3, 0.4) is 0 Å². The number of nitrogens with zero attached hydrogens (tertiary/aromatic N) is 2. The molecule has 3 rings (SSSR count). The fourth-order valence-corrected chi connectivity index (χ4v) is 6.00. The second-order valence-corrected chi connectivity index (χ2v) is 9.13. The number of hydrogen-bond acceptors (Lipinski definition) is 3. The summed E-state index contributed by atoms with van der Waals surface area (Å²) in [5.74, 6) is 0.414. The molecule has 1 saturated heterocycles. The summed E-state index contributed by atoms with van der Waals surface area (Å²) < 4.78 is 28.0. The van der Waals surface area contributed by atoms with E-state index in [2.05, 4.69) is 19.2 Å². The number of nitrogens with one attached hydrogen (secondary N) is 1. The first-order valence-electron chi connectivity index (χ1n) is 8.98. The molecule has 2 amide bonds. The summed E-state index contributed by atoms with van der Waals surface area (Å²) in [6.07, 6.45) is 1.44. The van der Waals surface area contributed by atoms with E-state index in [-0.39, 0.29) is 6.03 Å². The van der Waals surface area contributed by atoms with Crippen LogP contribution >= 0.6 is 0 Å². The number of likely N-dealkylation sites (tertiary alicyclic amines) is 1. The zero-order valence-corrected chi connectivity index (χ0v) is 16.0. The van der Waals surface area contributed by atoms with Crippen LogP contribution < -0.4 is 5.32 Å². The van der Waals surface area contributed by atoms with Crippen molar-refractivity contribution in [3.63, 3.8) is 0 Å². The fourth-order valence-electron chi connectivity index (χ4n) is 3.92. The maximum Gasteiger partial charge on any atom is 0.317 e. The van der Waals surface area contributed by atoms with Crippen LogP contribution in [0.1, 0.15) is 39.2 Å². The molecule has 0 saturated carbocycles. The van der Waals surface area contributed by atoms with Gasteiger partial charge in [0.05, 0.1) is 10.4 Å². The van der Waals surface area contributed by atoms with E-state index >= 15 is 0 Å². The summed E-state index contributed by atoms with van der Waals surface area (Å²) in [7, 11) is -3.52. The van der Waals surface area contributed by atoms with Gasteiger partial charge < -0.3 is 10.2 Å². The number of rotatable bonds is 4. The number of carbonyl (C=O) groups is 1. The topological polar surface area (TPSA) is 69.7 Å². The predicted octanol–water partition coefficient (Wildman–Crippen LogP) is 2.37. The molecule has 25 heavy (non-hydrogen) atoms. The fraction of sp³-hybridized carbons (Fsp3) is 0.611. The second-order valence-electron chi connectivity index (χ2n) is 7.29. The van der Waals surface area contributed by atoms with E-state index in [1.165, 1.54) is 0 Å². The third kappa shape index (κ3) is 2.93. The standard InChI is InChI=1S/C18H27N3O3S/c1-4-19-17(22)20-12-10-18(13-20)15-7-5-6-8-16(15)25(23,24)21(18)11-9-14(2)3/h5-8,14H,4,9-13H2,1-3H3,(H,19,22)/t18-/m1/s1. The van der Waals surface area contributed by atoms with Crippen molar-refractivity contribution in [2.45, 2.75) is 44.0 Å².